The third kappa shape index (κ3) is 2.15. The summed E-state index contributed by atoms with van der Waals surface area (Å²) in [5.41, 5.74) is 0.917. The summed E-state index contributed by atoms with van der Waals surface area (Å²) < 4.78 is 9.95. The number of hydrogen-bond donors (Lipinski definition) is 1. The number of esters is 2. The van der Waals surface area contributed by atoms with Crippen LogP contribution in [-0.4, -0.2) is 29.8 Å². The number of cyclic esters (lactones) is 1. The van der Waals surface area contributed by atoms with Crippen LogP contribution in [0.25, 0.3) is 10.8 Å². The molecular weight excluding hydrogens is 272 g/mol. The van der Waals surface area contributed by atoms with E-state index in [1.807, 2.05) is 30.3 Å². The molecule has 0 fully saturated rings. The molecule has 3 rings (SSSR count). The highest BCUT2D eigenvalue weighted by Gasteiger charge is 2.40. The van der Waals surface area contributed by atoms with E-state index in [4.69, 9.17) is 9.47 Å². The van der Waals surface area contributed by atoms with Crippen molar-refractivity contribution in [1.29, 1.82) is 0 Å². The topological polar surface area (TPSA) is 72.8 Å². The summed E-state index contributed by atoms with van der Waals surface area (Å²) in [6.45, 7) is 1.80. The monoisotopic (exact) mass is 286 g/mol. The first-order valence-electron chi connectivity index (χ1n) is 6.70. The number of hydrogen-bond acceptors (Lipinski definition) is 5. The fourth-order valence-corrected chi connectivity index (χ4v) is 2.58. The van der Waals surface area contributed by atoms with Crippen molar-refractivity contribution in [2.45, 2.75) is 19.1 Å². The van der Waals surface area contributed by atoms with Crippen LogP contribution >= 0.6 is 0 Å². The molecule has 1 N–H and O–H groups in total. The van der Waals surface area contributed by atoms with E-state index in [0.29, 0.717) is 11.1 Å². The molecule has 0 bridgehead atoms. The van der Waals surface area contributed by atoms with E-state index in [2.05, 4.69) is 0 Å². The Kier molecular flexibility index (Phi) is 3.35. The lowest BCUT2D eigenvalue weighted by Gasteiger charge is -2.16. The largest absolute Gasteiger partial charge is 0.464 e. The molecular formula is C16H14O5. The van der Waals surface area contributed by atoms with Gasteiger partial charge in [-0.3, -0.25) is 0 Å². The smallest absolute Gasteiger partial charge is 0.339 e. The Morgan fingerprint density at radius 2 is 2.10 bits per heavy atom. The lowest BCUT2D eigenvalue weighted by atomic mass is 9.96. The molecule has 0 aromatic heterocycles. The molecule has 0 saturated heterocycles. The van der Waals surface area contributed by atoms with Crippen LogP contribution < -0.4 is 0 Å². The number of ether oxygens (including phenoxy) is 2. The third-order valence-corrected chi connectivity index (χ3v) is 3.52. The molecule has 5 nitrogen and oxygen atoms in total. The van der Waals surface area contributed by atoms with Crippen molar-refractivity contribution in [3.05, 3.63) is 47.5 Å². The Bertz CT molecular complexity index is 722. The maximum atomic E-state index is 12.1. The molecule has 2 aromatic carbocycles. The van der Waals surface area contributed by atoms with Gasteiger partial charge in [0.05, 0.1) is 12.2 Å². The Balaban J connectivity index is 2.06. The number of rotatable bonds is 3. The maximum absolute atomic E-state index is 12.1. The number of aliphatic hydroxyl groups is 1. The number of carbonyl (C=O) groups excluding carboxylic acids is 2. The first kappa shape index (κ1) is 13.6. The first-order chi connectivity index (χ1) is 10.1. The molecule has 5 heteroatoms. The fourth-order valence-electron chi connectivity index (χ4n) is 2.58. The predicted molar refractivity (Wildman–Crippen MR) is 74.7 cm³/mol. The van der Waals surface area contributed by atoms with Gasteiger partial charge in [0.2, 0.25) is 0 Å². The Morgan fingerprint density at radius 1 is 1.33 bits per heavy atom. The molecule has 0 radical (unpaired) electrons. The van der Waals surface area contributed by atoms with E-state index >= 15 is 0 Å². The van der Waals surface area contributed by atoms with Gasteiger partial charge in [-0.1, -0.05) is 36.4 Å². The van der Waals surface area contributed by atoms with Crippen LogP contribution in [0.2, 0.25) is 0 Å². The molecule has 0 saturated carbocycles. The zero-order valence-electron chi connectivity index (χ0n) is 11.4. The lowest BCUT2D eigenvalue weighted by molar-refractivity contribution is -0.159. The van der Waals surface area contributed by atoms with Crippen molar-refractivity contribution >= 4 is 22.7 Å². The molecule has 0 unspecified atom stereocenters. The highest BCUT2D eigenvalue weighted by molar-refractivity contribution is 6.08. The van der Waals surface area contributed by atoms with Gasteiger partial charge >= 0.3 is 11.9 Å². The fraction of sp³-hybridized carbons (Fsp3) is 0.250. The van der Waals surface area contributed by atoms with Crippen LogP contribution in [-0.2, 0) is 14.3 Å². The van der Waals surface area contributed by atoms with Crippen LogP contribution in [0.15, 0.2) is 36.4 Å². The second kappa shape index (κ2) is 5.18. The Labute approximate surface area is 121 Å². The number of aliphatic hydroxyl groups excluding tert-OH is 1. The second-order valence-electron chi connectivity index (χ2n) is 4.77. The predicted octanol–water partition coefficient (Wildman–Crippen LogP) is 1.98. The Hall–Kier alpha value is -2.40. The van der Waals surface area contributed by atoms with Crippen molar-refractivity contribution in [2.24, 2.45) is 0 Å². The second-order valence-corrected chi connectivity index (χ2v) is 4.77. The van der Waals surface area contributed by atoms with Gasteiger partial charge in [0.15, 0.2) is 12.2 Å². The molecule has 1 heterocycles. The average Bonchev–Trinajstić information content (AvgIpc) is 2.84. The minimum Gasteiger partial charge on any atom is -0.464 e. The van der Waals surface area contributed by atoms with Crippen molar-refractivity contribution in [3.8, 4) is 0 Å². The van der Waals surface area contributed by atoms with E-state index in [1.54, 1.807) is 13.0 Å². The molecule has 0 spiro atoms. The van der Waals surface area contributed by atoms with Crippen molar-refractivity contribution in [1.82, 2.24) is 0 Å². The summed E-state index contributed by atoms with van der Waals surface area (Å²) in [6.07, 6.45) is -2.53. The maximum Gasteiger partial charge on any atom is 0.339 e. The van der Waals surface area contributed by atoms with E-state index in [9.17, 15) is 14.7 Å². The molecule has 108 valence electrons. The normalized spacial score (nSPS) is 18.2. The summed E-state index contributed by atoms with van der Waals surface area (Å²) >= 11 is 0. The van der Waals surface area contributed by atoms with Crippen LogP contribution in [0.3, 0.4) is 0 Å². The highest BCUT2D eigenvalue weighted by atomic mass is 16.6. The van der Waals surface area contributed by atoms with Gasteiger partial charge in [-0.25, -0.2) is 9.59 Å². The van der Waals surface area contributed by atoms with Crippen molar-refractivity contribution in [2.75, 3.05) is 6.61 Å². The summed E-state index contributed by atoms with van der Waals surface area (Å²) in [7, 11) is 0. The molecule has 0 amide bonds. The van der Waals surface area contributed by atoms with Gasteiger partial charge in [-0.15, -0.1) is 0 Å². The van der Waals surface area contributed by atoms with E-state index in [1.165, 1.54) is 0 Å². The Morgan fingerprint density at radius 3 is 2.86 bits per heavy atom. The van der Waals surface area contributed by atoms with Gasteiger partial charge in [0.1, 0.15) is 0 Å². The number of carbonyl (C=O) groups is 2. The van der Waals surface area contributed by atoms with Gasteiger partial charge in [0, 0.05) is 5.56 Å². The molecule has 0 aliphatic carbocycles. The van der Waals surface area contributed by atoms with Crippen molar-refractivity contribution < 1.29 is 24.2 Å². The summed E-state index contributed by atoms with van der Waals surface area (Å²) in [5, 5.41) is 11.7. The zero-order chi connectivity index (χ0) is 15.0. The number of fused-ring (bicyclic) bond motifs is 3. The molecule has 2 atom stereocenters. The number of benzene rings is 2. The van der Waals surface area contributed by atoms with Crippen LogP contribution in [0.5, 0.6) is 0 Å². The van der Waals surface area contributed by atoms with Crippen LogP contribution in [0, 0.1) is 0 Å². The highest BCUT2D eigenvalue weighted by Crippen LogP contribution is 2.37. The minimum absolute atomic E-state index is 0.154. The molecule has 21 heavy (non-hydrogen) atoms. The first-order valence-corrected chi connectivity index (χ1v) is 6.70. The lowest BCUT2D eigenvalue weighted by Crippen LogP contribution is -2.30. The molecule has 2 aromatic rings. The molecule has 1 aliphatic rings. The standard InChI is InChI=1S/C16H14O5/c1-2-20-16(19)13(17)14-11-8-7-9-5-3-4-6-10(9)12(11)15(18)21-14/h3-8,13-14,17H,2H2,1H3/t13-,14+/m0/s1. The average molecular weight is 286 g/mol. The zero-order valence-corrected chi connectivity index (χ0v) is 11.4. The SMILES string of the molecule is CCOC(=O)[C@@H](O)[C@@H]1OC(=O)c2c1ccc1ccccc21. The summed E-state index contributed by atoms with van der Waals surface area (Å²) in [5.74, 6) is -1.33. The molecule has 1 aliphatic heterocycles. The van der Waals surface area contributed by atoms with Gasteiger partial charge in [0.25, 0.3) is 0 Å². The van der Waals surface area contributed by atoms with Gasteiger partial charge < -0.3 is 14.6 Å². The quantitative estimate of drug-likeness (QED) is 0.873. The van der Waals surface area contributed by atoms with E-state index < -0.39 is 24.1 Å². The van der Waals surface area contributed by atoms with E-state index in [-0.39, 0.29) is 6.61 Å². The summed E-state index contributed by atoms with van der Waals surface area (Å²) in [6, 6.07) is 10.9. The van der Waals surface area contributed by atoms with Crippen molar-refractivity contribution in [3.63, 3.8) is 0 Å². The van der Waals surface area contributed by atoms with Gasteiger partial charge in [-0.05, 0) is 17.7 Å². The minimum atomic E-state index is -1.52. The summed E-state index contributed by atoms with van der Waals surface area (Å²) in [4.78, 5) is 23.7. The van der Waals surface area contributed by atoms with Crippen LogP contribution in [0.1, 0.15) is 28.9 Å². The third-order valence-electron chi connectivity index (χ3n) is 3.52. The van der Waals surface area contributed by atoms with Crippen LogP contribution in [0.4, 0.5) is 0 Å². The van der Waals surface area contributed by atoms with E-state index in [0.717, 1.165) is 10.8 Å². The van der Waals surface area contributed by atoms with Gasteiger partial charge in [-0.2, -0.15) is 0 Å².